The molecular formula is C51H32N4O. The van der Waals surface area contributed by atoms with Crippen LogP contribution in [0.2, 0.25) is 0 Å². The summed E-state index contributed by atoms with van der Waals surface area (Å²) in [4.78, 5) is 14.9. The van der Waals surface area contributed by atoms with E-state index in [0.717, 1.165) is 77.6 Å². The van der Waals surface area contributed by atoms with Crippen LogP contribution in [-0.2, 0) is 0 Å². The second-order valence-corrected chi connectivity index (χ2v) is 14.0. The molecule has 11 rings (SSSR count). The molecule has 0 amide bonds. The molecule has 0 saturated heterocycles. The molecule has 0 N–H and O–H groups in total. The minimum atomic E-state index is 0.631. The predicted octanol–water partition coefficient (Wildman–Crippen LogP) is 13.2. The third kappa shape index (κ3) is 5.37. The smallest absolute Gasteiger partial charge is 0.164 e. The third-order valence-electron chi connectivity index (χ3n) is 10.6. The Morgan fingerprint density at radius 3 is 1.68 bits per heavy atom. The molecule has 3 heterocycles. The van der Waals surface area contributed by atoms with E-state index < -0.39 is 0 Å². The van der Waals surface area contributed by atoms with Gasteiger partial charge in [-0.3, -0.25) is 0 Å². The summed E-state index contributed by atoms with van der Waals surface area (Å²) in [5, 5.41) is 4.65. The van der Waals surface area contributed by atoms with Gasteiger partial charge in [0, 0.05) is 43.9 Å². The van der Waals surface area contributed by atoms with Gasteiger partial charge in [0.25, 0.3) is 0 Å². The molecule has 0 saturated carbocycles. The maximum absolute atomic E-state index is 6.26. The molecule has 0 aliphatic carbocycles. The van der Waals surface area contributed by atoms with E-state index in [1.54, 1.807) is 0 Å². The molecule has 0 unspecified atom stereocenters. The van der Waals surface area contributed by atoms with Gasteiger partial charge >= 0.3 is 0 Å². The van der Waals surface area contributed by atoms with Crippen molar-refractivity contribution in [1.29, 1.82) is 0 Å². The largest absolute Gasteiger partial charge is 0.456 e. The van der Waals surface area contributed by atoms with Crippen LogP contribution in [0.5, 0.6) is 0 Å². The summed E-state index contributed by atoms with van der Waals surface area (Å²) in [6.07, 6.45) is 0. The Labute approximate surface area is 322 Å². The number of aromatic nitrogens is 4. The molecule has 0 aliphatic rings. The van der Waals surface area contributed by atoms with E-state index in [1.807, 2.05) is 72.8 Å². The SMILES string of the molecule is c1ccc(-c2nc(-c3ccccc3)nc(-c3cccc(-c4cccc5c4c4ccccc4n5-c4cccc(-c5ccc6c(c5)oc5ccccc56)c4)c3)n2)cc1. The standard InChI is InChI=1S/C51H32N4O/c1-3-14-33(15-4-1)49-52-50(34-16-5-2-6-17-34)54-51(53-49)38-20-11-19-37(30-38)40-24-13-26-45-48(40)43-23-7-9-25-44(43)55(45)39-21-12-18-35(31-39)36-28-29-42-41-22-8-10-27-46(41)56-47(42)32-36/h1-32H. The molecule has 0 atom stereocenters. The van der Waals surface area contributed by atoms with Crippen LogP contribution in [0.15, 0.2) is 199 Å². The van der Waals surface area contributed by atoms with Gasteiger partial charge in [-0.2, -0.15) is 0 Å². The Hall–Kier alpha value is -7.63. The predicted molar refractivity (Wildman–Crippen MR) is 229 cm³/mol. The Bertz CT molecular complexity index is 3200. The van der Waals surface area contributed by atoms with Crippen molar-refractivity contribution in [3.63, 3.8) is 0 Å². The minimum Gasteiger partial charge on any atom is -0.456 e. The minimum absolute atomic E-state index is 0.631. The number of rotatable bonds is 6. The zero-order chi connectivity index (χ0) is 37.0. The van der Waals surface area contributed by atoms with Crippen LogP contribution >= 0.6 is 0 Å². The van der Waals surface area contributed by atoms with Gasteiger partial charge in [-0.25, -0.2) is 15.0 Å². The van der Waals surface area contributed by atoms with E-state index >= 15 is 0 Å². The summed E-state index contributed by atoms with van der Waals surface area (Å²) in [6, 6.07) is 67.6. The Morgan fingerprint density at radius 1 is 0.339 bits per heavy atom. The van der Waals surface area contributed by atoms with E-state index in [9.17, 15) is 0 Å². The molecule has 5 heteroatoms. The maximum atomic E-state index is 6.26. The average molecular weight is 717 g/mol. The van der Waals surface area contributed by atoms with Crippen LogP contribution in [0.1, 0.15) is 0 Å². The number of hydrogen-bond acceptors (Lipinski definition) is 4. The van der Waals surface area contributed by atoms with Gasteiger partial charge in [-0.1, -0.05) is 146 Å². The molecule has 0 spiro atoms. The highest BCUT2D eigenvalue weighted by molar-refractivity contribution is 6.16. The van der Waals surface area contributed by atoms with Gasteiger partial charge in [0.2, 0.25) is 0 Å². The molecule has 0 fully saturated rings. The first-order valence-corrected chi connectivity index (χ1v) is 18.8. The second kappa shape index (κ2) is 13.0. The monoisotopic (exact) mass is 716 g/mol. The molecule has 262 valence electrons. The highest BCUT2D eigenvalue weighted by Crippen LogP contribution is 2.40. The van der Waals surface area contributed by atoms with Gasteiger partial charge in [-0.05, 0) is 70.8 Å². The van der Waals surface area contributed by atoms with Crippen LogP contribution < -0.4 is 0 Å². The highest BCUT2D eigenvalue weighted by Gasteiger charge is 2.18. The fourth-order valence-electron chi connectivity index (χ4n) is 8.03. The molecular weight excluding hydrogens is 685 g/mol. The van der Waals surface area contributed by atoms with Crippen LogP contribution in [0.3, 0.4) is 0 Å². The first-order chi connectivity index (χ1) is 27.7. The zero-order valence-corrected chi connectivity index (χ0v) is 30.2. The zero-order valence-electron chi connectivity index (χ0n) is 30.2. The number of hydrogen-bond donors (Lipinski definition) is 0. The highest BCUT2D eigenvalue weighted by atomic mass is 16.3. The van der Waals surface area contributed by atoms with Crippen LogP contribution in [0, 0.1) is 0 Å². The van der Waals surface area contributed by atoms with Crippen molar-refractivity contribution in [2.24, 2.45) is 0 Å². The lowest BCUT2D eigenvalue weighted by molar-refractivity contribution is 0.669. The summed E-state index contributed by atoms with van der Waals surface area (Å²) in [6.45, 7) is 0. The Balaban J connectivity index is 1.04. The van der Waals surface area contributed by atoms with Gasteiger partial charge in [0.05, 0.1) is 11.0 Å². The number of para-hydroxylation sites is 2. The quantitative estimate of drug-likeness (QED) is 0.172. The maximum Gasteiger partial charge on any atom is 0.164 e. The van der Waals surface area contributed by atoms with Crippen LogP contribution in [-0.4, -0.2) is 19.5 Å². The van der Waals surface area contributed by atoms with Gasteiger partial charge < -0.3 is 8.98 Å². The molecule has 56 heavy (non-hydrogen) atoms. The van der Waals surface area contributed by atoms with E-state index in [-0.39, 0.29) is 0 Å². The topological polar surface area (TPSA) is 56.7 Å². The van der Waals surface area contributed by atoms with E-state index in [0.29, 0.717) is 17.5 Å². The first kappa shape index (κ1) is 31.9. The average Bonchev–Trinajstić information content (AvgIpc) is 3.82. The lowest BCUT2D eigenvalue weighted by Crippen LogP contribution is -2.00. The molecule has 11 aromatic rings. The Morgan fingerprint density at radius 2 is 0.893 bits per heavy atom. The van der Waals surface area contributed by atoms with Crippen LogP contribution in [0.25, 0.3) is 106 Å². The molecule has 3 aromatic heterocycles. The molecule has 0 aliphatic heterocycles. The van der Waals surface area contributed by atoms with E-state index in [1.165, 1.54) is 10.8 Å². The lowest BCUT2D eigenvalue weighted by Gasteiger charge is -2.12. The van der Waals surface area contributed by atoms with Crippen molar-refractivity contribution >= 4 is 43.7 Å². The van der Waals surface area contributed by atoms with Crippen molar-refractivity contribution in [3.05, 3.63) is 194 Å². The normalized spacial score (nSPS) is 11.6. The Kier molecular flexibility index (Phi) is 7.42. The van der Waals surface area contributed by atoms with Crippen molar-refractivity contribution in [3.8, 4) is 62.1 Å². The summed E-state index contributed by atoms with van der Waals surface area (Å²) >= 11 is 0. The molecule has 5 nitrogen and oxygen atoms in total. The number of furan rings is 1. The van der Waals surface area contributed by atoms with Crippen LogP contribution in [0.4, 0.5) is 0 Å². The fourth-order valence-corrected chi connectivity index (χ4v) is 8.03. The number of benzene rings is 8. The van der Waals surface area contributed by atoms with Crippen molar-refractivity contribution in [2.75, 3.05) is 0 Å². The molecule has 0 radical (unpaired) electrons. The molecule has 8 aromatic carbocycles. The number of fused-ring (bicyclic) bond motifs is 6. The van der Waals surface area contributed by atoms with Crippen molar-refractivity contribution < 1.29 is 4.42 Å². The third-order valence-corrected chi connectivity index (χ3v) is 10.6. The first-order valence-electron chi connectivity index (χ1n) is 18.8. The van der Waals surface area contributed by atoms with E-state index in [4.69, 9.17) is 19.4 Å². The van der Waals surface area contributed by atoms with Gasteiger partial charge in [-0.15, -0.1) is 0 Å². The second-order valence-electron chi connectivity index (χ2n) is 14.0. The summed E-state index contributed by atoms with van der Waals surface area (Å²) in [5.41, 5.74) is 12.5. The fraction of sp³-hybridized carbons (Fsp3) is 0. The van der Waals surface area contributed by atoms with Crippen molar-refractivity contribution in [2.45, 2.75) is 0 Å². The summed E-state index contributed by atoms with van der Waals surface area (Å²) in [7, 11) is 0. The summed E-state index contributed by atoms with van der Waals surface area (Å²) < 4.78 is 8.64. The molecule has 0 bridgehead atoms. The number of nitrogens with zero attached hydrogens (tertiary/aromatic N) is 4. The van der Waals surface area contributed by atoms with Gasteiger partial charge in [0.1, 0.15) is 11.2 Å². The summed E-state index contributed by atoms with van der Waals surface area (Å²) in [5.74, 6) is 1.92. The van der Waals surface area contributed by atoms with E-state index in [2.05, 4.69) is 126 Å². The van der Waals surface area contributed by atoms with Crippen molar-refractivity contribution in [1.82, 2.24) is 19.5 Å². The lowest BCUT2D eigenvalue weighted by atomic mass is 9.97. The van der Waals surface area contributed by atoms with Gasteiger partial charge in [0.15, 0.2) is 17.5 Å².